The standard InChI is InChI=1S/C17H17FN2OS/c18-12-7-5-11(6-8-12)10-22-17-14-4-2-1-3-13(14)15(9-19)16(21)20-17/h5-9,19H,1-4,10H2,(H,20,21). The highest BCUT2D eigenvalue weighted by Crippen LogP contribution is 2.36. The molecule has 2 N–H and O–H groups in total. The monoisotopic (exact) mass is 316 g/mol. The van der Waals surface area contributed by atoms with Gasteiger partial charge in [0.25, 0.3) is 0 Å². The first-order valence-electron chi connectivity index (χ1n) is 7.31. The van der Waals surface area contributed by atoms with Gasteiger partial charge < -0.3 is 10.5 Å². The topological polar surface area (TPSA) is 57.0 Å². The Morgan fingerprint density at radius 3 is 2.55 bits per heavy atom. The highest BCUT2D eigenvalue weighted by atomic mass is 32.2. The molecule has 1 aromatic carbocycles. The molecule has 0 atom stereocenters. The predicted molar refractivity (Wildman–Crippen MR) is 86.4 cm³/mol. The molecule has 0 amide bonds. The Morgan fingerprint density at radius 2 is 1.86 bits per heavy atom. The maximum atomic E-state index is 12.9. The number of nitrogens with one attached hydrogen (secondary N) is 1. The lowest BCUT2D eigenvalue weighted by Crippen LogP contribution is -2.10. The van der Waals surface area contributed by atoms with Crippen molar-refractivity contribution in [3.8, 4) is 5.88 Å². The molecule has 0 fully saturated rings. The lowest BCUT2D eigenvalue weighted by atomic mass is 9.90. The number of hydrogen-bond acceptors (Lipinski definition) is 4. The predicted octanol–water partition coefficient (Wildman–Crippen LogP) is 4.10. The van der Waals surface area contributed by atoms with Crippen LogP contribution in [0.3, 0.4) is 0 Å². The summed E-state index contributed by atoms with van der Waals surface area (Å²) in [6.07, 6.45) is 5.22. The third kappa shape index (κ3) is 2.99. The van der Waals surface area contributed by atoms with Gasteiger partial charge >= 0.3 is 0 Å². The molecule has 0 saturated carbocycles. The van der Waals surface area contributed by atoms with Gasteiger partial charge in [-0.25, -0.2) is 9.37 Å². The van der Waals surface area contributed by atoms with Gasteiger partial charge in [0.1, 0.15) is 10.8 Å². The molecule has 0 spiro atoms. The molecule has 3 nitrogen and oxygen atoms in total. The van der Waals surface area contributed by atoms with Crippen LogP contribution in [0.5, 0.6) is 5.88 Å². The van der Waals surface area contributed by atoms with Crippen molar-refractivity contribution in [3.05, 3.63) is 52.3 Å². The zero-order valence-electron chi connectivity index (χ0n) is 12.1. The second kappa shape index (κ2) is 6.48. The molecule has 3 rings (SSSR count). The molecule has 1 aromatic heterocycles. The van der Waals surface area contributed by atoms with Crippen LogP contribution in [0.25, 0.3) is 0 Å². The summed E-state index contributed by atoms with van der Waals surface area (Å²) >= 11 is 1.56. The molecule has 0 unspecified atom stereocenters. The van der Waals surface area contributed by atoms with Crippen LogP contribution >= 0.6 is 11.8 Å². The van der Waals surface area contributed by atoms with E-state index in [0.29, 0.717) is 11.3 Å². The van der Waals surface area contributed by atoms with Crippen molar-refractivity contribution in [2.45, 2.75) is 36.5 Å². The lowest BCUT2D eigenvalue weighted by Gasteiger charge is -2.21. The molecule has 2 aromatic rings. The summed E-state index contributed by atoms with van der Waals surface area (Å²) in [5.41, 5.74) is 3.80. The van der Waals surface area contributed by atoms with E-state index in [1.807, 2.05) is 0 Å². The largest absolute Gasteiger partial charge is 0.493 e. The van der Waals surface area contributed by atoms with Crippen LogP contribution in [0, 0.1) is 11.2 Å². The first kappa shape index (κ1) is 15.0. The van der Waals surface area contributed by atoms with E-state index in [2.05, 4.69) is 4.98 Å². The number of nitrogens with zero attached hydrogens (tertiary/aromatic N) is 1. The van der Waals surface area contributed by atoms with Crippen LogP contribution in [0.1, 0.15) is 35.1 Å². The molecule has 5 heteroatoms. The van der Waals surface area contributed by atoms with E-state index in [1.54, 1.807) is 23.9 Å². The van der Waals surface area contributed by atoms with Crippen LogP contribution in [0.15, 0.2) is 29.3 Å². The fourth-order valence-corrected chi connectivity index (χ4v) is 3.85. The molecular weight excluding hydrogens is 299 g/mol. The van der Waals surface area contributed by atoms with Crippen LogP contribution < -0.4 is 0 Å². The summed E-state index contributed by atoms with van der Waals surface area (Å²) in [4.78, 5) is 4.28. The van der Waals surface area contributed by atoms with E-state index in [1.165, 1.54) is 18.3 Å². The van der Waals surface area contributed by atoms with Crippen LogP contribution in [0.2, 0.25) is 0 Å². The molecule has 114 valence electrons. The number of fused-ring (bicyclic) bond motifs is 1. The van der Waals surface area contributed by atoms with E-state index in [9.17, 15) is 9.50 Å². The fourth-order valence-electron chi connectivity index (χ4n) is 2.80. The fraction of sp³-hybridized carbons (Fsp3) is 0.294. The Hall–Kier alpha value is -1.88. The number of pyridine rings is 1. The summed E-state index contributed by atoms with van der Waals surface area (Å²) < 4.78 is 12.9. The zero-order chi connectivity index (χ0) is 15.5. The highest BCUT2D eigenvalue weighted by molar-refractivity contribution is 7.98. The van der Waals surface area contributed by atoms with E-state index >= 15 is 0 Å². The van der Waals surface area contributed by atoms with Crippen molar-refractivity contribution in [3.63, 3.8) is 0 Å². The molecular formula is C17H17FN2OS. The van der Waals surface area contributed by atoms with Gasteiger partial charge in [-0.05, 0) is 54.5 Å². The van der Waals surface area contributed by atoms with Gasteiger partial charge in [0.2, 0.25) is 5.88 Å². The average Bonchev–Trinajstić information content (AvgIpc) is 2.54. The number of hydrogen-bond donors (Lipinski definition) is 2. The maximum Gasteiger partial charge on any atom is 0.221 e. The molecule has 0 bridgehead atoms. The minimum atomic E-state index is -0.239. The summed E-state index contributed by atoms with van der Waals surface area (Å²) in [7, 11) is 0. The third-order valence-corrected chi connectivity index (χ3v) is 5.02. The van der Waals surface area contributed by atoms with E-state index < -0.39 is 0 Å². The van der Waals surface area contributed by atoms with Crippen LogP contribution in [-0.2, 0) is 18.6 Å². The van der Waals surface area contributed by atoms with E-state index in [4.69, 9.17) is 5.41 Å². The Labute approximate surface area is 133 Å². The van der Waals surface area contributed by atoms with Crippen LogP contribution in [-0.4, -0.2) is 16.3 Å². The molecule has 22 heavy (non-hydrogen) atoms. The Bertz CT molecular complexity index is 701. The summed E-state index contributed by atoms with van der Waals surface area (Å²) in [6.45, 7) is 0. The molecule has 1 aliphatic rings. The number of rotatable bonds is 4. The van der Waals surface area contributed by atoms with E-state index in [0.717, 1.165) is 47.4 Å². The van der Waals surface area contributed by atoms with Gasteiger partial charge in [-0.1, -0.05) is 12.1 Å². The minimum absolute atomic E-state index is 0.0581. The van der Waals surface area contributed by atoms with Crippen molar-refractivity contribution in [2.75, 3.05) is 0 Å². The normalized spacial score (nSPS) is 13.7. The first-order chi connectivity index (χ1) is 10.7. The van der Waals surface area contributed by atoms with E-state index in [-0.39, 0.29) is 11.7 Å². The first-order valence-corrected chi connectivity index (χ1v) is 8.30. The SMILES string of the molecule is N=Cc1c(O)nc(SCc2ccc(F)cc2)c2c1CCCC2. The number of benzene rings is 1. The summed E-state index contributed by atoms with van der Waals surface area (Å²) in [6, 6.07) is 6.43. The number of thioether (sulfide) groups is 1. The second-order valence-electron chi connectivity index (χ2n) is 5.38. The molecule has 1 heterocycles. The Kier molecular flexibility index (Phi) is 4.43. The maximum absolute atomic E-state index is 12.9. The smallest absolute Gasteiger partial charge is 0.221 e. The molecule has 1 aliphatic carbocycles. The van der Waals surface area contributed by atoms with Crippen molar-refractivity contribution in [1.82, 2.24) is 4.98 Å². The van der Waals surface area contributed by atoms with Gasteiger partial charge in [0.05, 0.1) is 5.56 Å². The average molecular weight is 316 g/mol. The third-order valence-electron chi connectivity index (χ3n) is 3.93. The quantitative estimate of drug-likeness (QED) is 0.659. The van der Waals surface area contributed by atoms with Gasteiger partial charge in [-0.15, -0.1) is 11.8 Å². The lowest BCUT2D eigenvalue weighted by molar-refractivity contribution is 0.443. The highest BCUT2D eigenvalue weighted by Gasteiger charge is 2.21. The Morgan fingerprint density at radius 1 is 1.18 bits per heavy atom. The minimum Gasteiger partial charge on any atom is -0.493 e. The van der Waals surface area contributed by atoms with Crippen molar-refractivity contribution in [2.24, 2.45) is 0 Å². The van der Waals surface area contributed by atoms with Gasteiger partial charge in [0, 0.05) is 12.0 Å². The van der Waals surface area contributed by atoms with Crippen molar-refractivity contribution >= 4 is 18.0 Å². The van der Waals surface area contributed by atoms with Gasteiger partial charge in [-0.3, -0.25) is 0 Å². The number of aromatic hydroxyl groups is 1. The van der Waals surface area contributed by atoms with Gasteiger partial charge in [-0.2, -0.15) is 0 Å². The number of halogens is 1. The molecule has 0 radical (unpaired) electrons. The summed E-state index contributed by atoms with van der Waals surface area (Å²) in [5.74, 6) is 0.387. The zero-order valence-corrected chi connectivity index (χ0v) is 12.9. The van der Waals surface area contributed by atoms with Crippen molar-refractivity contribution < 1.29 is 9.50 Å². The number of aromatic nitrogens is 1. The van der Waals surface area contributed by atoms with Crippen LogP contribution in [0.4, 0.5) is 4.39 Å². The second-order valence-corrected chi connectivity index (χ2v) is 6.34. The summed E-state index contributed by atoms with van der Waals surface area (Å²) in [5, 5.41) is 18.4. The molecule has 0 saturated heterocycles. The Balaban J connectivity index is 1.88. The van der Waals surface area contributed by atoms with Crippen molar-refractivity contribution in [1.29, 1.82) is 5.41 Å². The molecule has 0 aliphatic heterocycles. The van der Waals surface area contributed by atoms with Gasteiger partial charge in [0.15, 0.2) is 0 Å².